The molecule has 0 saturated heterocycles. The van der Waals surface area contributed by atoms with Gasteiger partial charge < -0.3 is 14.6 Å². The van der Waals surface area contributed by atoms with Crippen LogP contribution in [0.1, 0.15) is 21.4 Å². The van der Waals surface area contributed by atoms with Gasteiger partial charge in [-0.05, 0) is 46.6 Å². The first-order valence-electron chi connectivity index (χ1n) is 5.72. The minimum atomic E-state index is -0.681. The third-order valence-corrected chi connectivity index (χ3v) is 5.02. The third-order valence-electron chi connectivity index (χ3n) is 2.84. The summed E-state index contributed by atoms with van der Waals surface area (Å²) in [6, 6.07) is 7.36. The fraction of sp³-hybridized carbons (Fsp3) is 0.286. The Labute approximate surface area is 124 Å². The highest BCUT2D eigenvalue weighted by Crippen LogP contribution is 2.36. The summed E-state index contributed by atoms with van der Waals surface area (Å²) in [6.45, 7) is 2.01. The lowest BCUT2D eigenvalue weighted by atomic mass is 10.1. The highest BCUT2D eigenvalue weighted by atomic mass is 79.9. The average molecular weight is 343 g/mol. The van der Waals surface area contributed by atoms with Crippen LogP contribution in [0.3, 0.4) is 0 Å². The van der Waals surface area contributed by atoms with Crippen molar-refractivity contribution >= 4 is 27.3 Å². The van der Waals surface area contributed by atoms with E-state index in [-0.39, 0.29) is 0 Å². The van der Waals surface area contributed by atoms with Gasteiger partial charge in [0.15, 0.2) is 0 Å². The summed E-state index contributed by atoms with van der Waals surface area (Å²) in [5, 5.41) is 10.4. The lowest BCUT2D eigenvalue weighted by molar-refractivity contribution is 0.223. The molecule has 19 heavy (non-hydrogen) atoms. The molecule has 0 aliphatic heterocycles. The zero-order valence-electron chi connectivity index (χ0n) is 10.9. The van der Waals surface area contributed by atoms with E-state index in [0.29, 0.717) is 11.5 Å². The third kappa shape index (κ3) is 3.11. The lowest BCUT2D eigenvalue weighted by Gasteiger charge is -2.12. The SMILES string of the molecule is COc1cc(OC)cc(C(O)c2cc(Br)c(C)s2)c1. The van der Waals surface area contributed by atoms with E-state index in [2.05, 4.69) is 15.9 Å². The van der Waals surface area contributed by atoms with Crippen molar-refractivity contribution in [2.75, 3.05) is 14.2 Å². The molecule has 2 aromatic rings. The molecule has 0 spiro atoms. The molecule has 0 aliphatic rings. The minimum absolute atomic E-state index is 0.667. The van der Waals surface area contributed by atoms with Crippen LogP contribution in [0, 0.1) is 6.92 Å². The molecule has 0 saturated carbocycles. The monoisotopic (exact) mass is 342 g/mol. The maximum atomic E-state index is 10.4. The number of hydrogen-bond donors (Lipinski definition) is 1. The van der Waals surface area contributed by atoms with Crippen molar-refractivity contribution in [1.82, 2.24) is 0 Å². The highest BCUT2D eigenvalue weighted by Gasteiger charge is 2.16. The van der Waals surface area contributed by atoms with Crippen LogP contribution >= 0.6 is 27.3 Å². The van der Waals surface area contributed by atoms with E-state index in [4.69, 9.17) is 9.47 Å². The second-order valence-corrected chi connectivity index (χ2v) is 6.24. The topological polar surface area (TPSA) is 38.7 Å². The molecule has 0 bridgehead atoms. The van der Waals surface area contributed by atoms with Crippen LogP contribution in [0.25, 0.3) is 0 Å². The maximum Gasteiger partial charge on any atom is 0.122 e. The summed E-state index contributed by atoms with van der Waals surface area (Å²) in [5.41, 5.74) is 0.755. The largest absolute Gasteiger partial charge is 0.497 e. The molecule has 0 amide bonds. The fourth-order valence-electron chi connectivity index (χ4n) is 1.77. The Hall–Kier alpha value is -1.04. The van der Waals surface area contributed by atoms with Gasteiger partial charge in [0.25, 0.3) is 0 Å². The molecule has 1 aromatic carbocycles. The number of ether oxygens (including phenoxy) is 2. The van der Waals surface area contributed by atoms with Gasteiger partial charge in [0.2, 0.25) is 0 Å². The number of aliphatic hydroxyl groups is 1. The number of aryl methyl sites for hydroxylation is 1. The molecular formula is C14H15BrO3S. The fourth-order valence-corrected chi connectivity index (χ4v) is 3.34. The van der Waals surface area contributed by atoms with Crippen molar-refractivity contribution < 1.29 is 14.6 Å². The van der Waals surface area contributed by atoms with Crippen LogP contribution in [0.4, 0.5) is 0 Å². The Bertz CT molecular complexity index is 538. The maximum absolute atomic E-state index is 10.4. The molecule has 0 fully saturated rings. The molecule has 1 aromatic heterocycles. The Morgan fingerprint density at radius 3 is 2.11 bits per heavy atom. The Morgan fingerprint density at radius 1 is 1.11 bits per heavy atom. The highest BCUT2D eigenvalue weighted by molar-refractivity contribution is 9.10. The number of hydrogen-bond acceptors (Lipinski definition) is 4. The number of thiophene rings is 1. The number of aliphatic hydroxyl groups excluding tert-OH is 1. The average Bonchev–Trinajstić information content (AvgIpc) is 2.77. The number of benzene rings is 1. The van der Waals surface area contributed by atoms with Gasteiger partial charge in [0.1, 0.15) is 17.6 Å². The molecule has 102 valence electrons. The van der Waals surface area contributed by atoms with Gasteiger partial charge in [0, 0.05) is 20.3 Å². The summed E-state index contributed by atoms with van der Waals surface area (Å²) in [7, 11) is 3.19. The van der Waals surface area contributed by atoms with E-state index in [9.17, 15) is 5.11 Å². The van der Waals surface area contributed by atoms with E-state index in [1.807, 2.05) is 25.1 Å². The van der Waals surface area contributed by atoms with E-state index in [1.54, 1.807) is 31.6 Å². The van der Waals surface area contributed by atoms with Crippen LogP contribution in [-0.4, -0.2) is 19.3 Å². The van der Waals surface area contributed by atoms with Gasteiger partial charge in [-0.25, -0.2) is 0 Å². The Balaban J connectivity index is 2.39. The first-order chi connectivity index (χ1) is 9.05. The van der Waals surface area contributed by atoms with Crippen LogP contribution in [0.5, 0.6) is 11.5 Å². The lowest BCUT2D eigenvalue weighted by Crippen LogP contribution is -1.99. The van der Waals surface area contributed by atoms with Gasteiger partial charge >= 0.3 is 0 Å². The molecule has 0 radical (unpaired) electrons. The molecule has 1 heterocycles. The zero-order chi connectivity index (χ0) is 14.0. The predicted molar refractivity (Wildman–Crippen MR) is 80.4 cm³/mol. The minimum Gasteiger partial charge on any atom is -0.497 e. The molecule has 1 unspecified atom stereocenters. The van der Waals surface area contributed by atoms with Crippen molar-refractivity contribution in [3.8, 4) is 11.5 Å². The number of rotatable bonds is 4. The zero-order valence-corrected chi connectivity index (χ0v) is 13.3. The number of halogens is 1. The van der Waals surface area contributed by atoms with E-state index in [0.717, 1.165) is 19.8 Å². The van der Waals surface area contributed by atoms with Crippen molar-refractivity contribution in [2.24, 2.45) is 0 Å². The Kier molecular flexibility index (Phi) is 4.50. The molecule has 0 aliphatic carbocycles. The summed E-state index contributed by atoms with van der Waals surface area (Å²) >= 11 is 5.03. The first-order valence-corrected chi connectivity index (χ1v) is 7.33. The van der Waals surface area contributed by atoms with Gasteiger partial charge in [-0.1, -0.05) is 0 Å². The van der Waals surface area contributed by atoms with E-state index in [1.165, 1.54) is 0 Å². The molecule has 3 nitrogen and oxygen atoms in total. The first kappa shape index (κ1) is 14.4. The van der Waals surface area contributed by atoms with Crippen LogP contribution in [0.2, 0.25) is 0 Å². The van der Waals surface area contributed by atoms with Gasteiger partial charge in [-0.2, -0.15) is 0 Å². The second-order valence-electron chi connectivity index (χ2n) is 4.10. The predicted octanol–water partition coefficient (Wildman–Crippen LogP) is 3.92. The van der Waals surface area contributed by atoms with Gasteiger partial charge in [0.05, 0.1) is 14.2 Å². The van der Waals surface area contributed by atoms with Crippen molar-refractivity contribution in [2.45, 2.75) is 13.0 Å². The Morgan fingerprint density at radius 2 is 1.68 bits per heavy atom. The van der Waals surface area contributed by atoms with Crippen molar-refractivity contribution in [1.29, 1.82) is 0 Å². The van der Waals surface area contributed by atoms with Crippen molar-refractivity contribution in [3.63, 3.8) is 0 Å². The van der Waals surface area contributed by atoms with Gasteiger partial charge in [-0.15, -0.1) is 11.3 Å². The molecule has 2 rings (SSSR count). The quantitative estimate of drug-likeness (QED) is 0.915. The van der Waals surface area contributed by atoms with Crippen molar-refractivity contribution in [3.05, 3.63) is 44.1 Å². The summed E-state index contributed by atoms with van der Waals surface area (Å²) in [5.74, 6) is 1.33. The molecule has 1 atom stereocenters. The summed E-state index contributed by atoms with van der Waals surface area (Å²) in [6.07, 6.45) is -0.681. The number of methoxy groups -OCH3 is 2. The molecule has 1 N–H and O–H groups in total. The smallest absolute Gasteiger partial charge is 0.122 e. The standard InChI is InChI=1S/C14H15BrO3S/c1-8-12(15)7-13(19-8)14(16)9-4-10(17-2)6-11(5-9)18-3/h4-7,14,16H,1-3H3. The summed E-state index contributed by atoms with van der Waals surface area (Å²) in [4.78, 5) is 2.03. The van der Waals surface area contributed by atoms with Crippen LogP contribution < -0.4 is 9.47 Å². The van der Waals surface area contributed by atoms with E-state index < -0.39 is 6.10 Å². The van der Waals surface area contributed by atoms with Crippen LogP contribution in [-0.2, 0) is 0 Å². The second kappa shape index (κ2) is 5.94. The molecular weight excluding hydrogens is 328 g/mol. The van der Waals surface area contributed by atoms with Gasteiger partial charge in [-0.3, -0.25) is 0 Å². The normalized spacial score (nSPS) is 12.3. The van der Waals surface area contributed by atoms with E-state index >= 15 is 0 Å². The van der Waals surface area contributed by atoms with Crippen LogP contribution in [0.15, 0.2) is 28.7 Å². The molecule has 5 heteroatoms. The summed E-state index contributed by atoms with van der Waals surface area (Å²) < 4.78 is 11.4.